The van der Waals surface area contributed by atoms with Gasteiger partial charge in [-0.1, -0.05) is 6.07 Å². The standard InChI is InChI=1S/C12H12N2O2/c1-7-3-4-9(13)8-5-6-14-11(10(7)8)12(15)16-2/h3-6H,13H2,1-2H3. The third kappa shape index (κ3) is 1.48. The molecule has 0 unspecified atom stereocenters. The Bertz CT molecular complexity index is 564. The Morgan fingerprint density at radius 3 is 2.81 bits per heavy atom. The number of nitrogens with zero attached hydrogens (tertiary/aromatic N) is 1. The van der Waals surface area contributed by atoms with Crippen molar-refractivity contribution in [1.29, 1.82) is 0 Å². The lowest BCUT2D eigenvalue weighted by atomic mass is 10.0. The Kier molecular flexibility index (Phi) is 2.48. The van der Waals surface area contributed by atoms with Crippen molar-refractivity contribution in [3.8, 4) is 0 Å². The van der Waals surface area contributed by atoms with Crippen LogP contribution in [0.3, 0.4) is 0 Å². The minimum Gasteiger partial charge on any atom is -0.464 e. The molecule has 0 amide bonds. The zero-order valence-corrected chi connectivity index (χ0v) is 9.15. The van der Waals surface area contributed by atoms with Crippen molar-refractivity contribution in [2.24, 2.45) is 0 Å². The van der Waals surface area contributed by atoms with E-state index in [2.05, 4.69) is 4.98 Å². The summed E-state index contributed by atoms with van der Waals surface area (Å²) in [5.74, 6) is -0.445. The number of aryl methyl sites for hydroxylation is 1. The van der Waals surface area contributed by atoms with E-state index >= 15 is 0 Å². The summed E-state index contributed by atoms with van der Waals surface area (Å²) >= 11 is 0. The van der Waals surface area contributed by atoms with E-state index in [-0.39, 0.29) is 0 Å². The second kappa shape index (κ2) is 3.81. The summed E-state index contributed by atoms with van der Waals surface area (Å²) in [6, 6.07) is 5.48. The van der Waals surface area contributed by atoms with Crippen molar-refractivity contribution in [3.63, 3.8) is 0 Å². The van der Waals surface area contributed by atoms with Crippen LogP contribution in [0.15, 0.2) is 24.4 Å². The summed E-state index contributed by atoms with van der Waals surface area (Å²) < 4.78 is 4.70. The van der Waals surface area contributed by atoms with E-state index in [9.17, 15) is 4.79 Å². The molecule has 4 heteroatoms. The van der Waals surface area contributed by atoms with E-state index in [0.29, 0.717) is 11.4 Å². The largest absolute Gasteiger partial charge is 0.464 e. The van der Waals surface area contributed by atoms with Gasteiger partial charge in [0.1, 0.15) is 0 Å². The lowest BCUT2D eigenvalue weighted by molar-refractivity contribution is 0.0596. The van der Waals surface area contributed by atoms with Gasteiger partial charge >= 0.3 is 5.97 Å². The summed E-state index contributed by atoms with van der Waals surface area (Å²) in [6.07, 6.45) is 1.56. The van der Waals surface area contributed by atoms with E-state index in [1.165, 1.54) is 7.11 Å². The first kappa shape index (κ1) is 10.4. The summed E-state index contributed by atoms with van der Waals surface area (Å²) in [5, 5.41) is 1.59. The number of carbonyl (C=O) groups is 1. The smallest absolute Gasteiger partial charge is 0.357 e. The highest BCUT2D eigenvalue weighted by Crippen LogP contribution is 2.26. The molecule has 4 nitrogen and oxygen atoms in total. The first-order chi connectivity index (χ1) is 7.65. The van der Waals surface area contributed by atoms with Gasteiger partial charge in [0.05, 0.1) is 7.11 Å². The van der Waals surface area contributed by atoms with Crippen molar-refractivity contribution < 1.29 is 9.53 Å². The highest BCUT2D eigenvalue weighted by molar-refractivity contribution is 6.07. The van der Waals surface area contributed by atoms with Gasteiger partial charge in [0.15, 0.2) is 5.69 Å². The van der Waals surface area contributed by atoms with Crippen LogP contribution >= 0.6 is 0 Å². The predicted octanol–water partition coefficient (Wildman–Crippen LogP) is 1.91. The van der Waals surface area contributed by atoms with Crippen molar-refractivity contribution in [2.75, 3.05) is 12.8 Å². The molecule has 2 rings (SSSR count). The lowest BCUT2D eigenvalue weighted by Crippen LogP contribution is -2.06. The number of hydrogen-bond donors (Lipinski definition) is 1. The number of carbonyl (C=O) groups excluding carboxylic acids is 1. The first-order valence-electron chi connectivity index (χ1n) is 4.87. The molecule has 0 saturated heterocycles. The fraction of sp³-hybridized carbons (Fsp3) is 0.167. The second-order valence-electron chi connectivity index (χ2n) is 3.55. The molecule has 0 aliphatic rings. The summed E-state index contributed by atoms with van der Waals surface area (Å²) in [7, 11) is 1.34. The van der Waals surface area contributed by atoms with Crippen LogP contribution < -0.4 is 5.73 Å². The number of benzene rings is 1. The molecular weight excluding hydrogens is 204 g/mol. The number of aromatic nitrogens is 1. The molecule has 0 spiro atoms. The van der Waals surface area contributed by atoms with Crippen LogP contribution in [0.5, 0.6) is 0 Å². The summed E-state index contributed by atoms with van der Waals surface area (Å²) in [6.45, 7) is 1.91. The lowest BCUT2D eigenvalue weighted by Gasteiger charge is -2.08. The van der Waals surface area contributed by atoms with Gasteiger partial charge in [-0.25, -0.2) is 9.78 Å². The molecule has 0 fully saturated rings. The number of rotatable bonds is 1. The number of anilines is 1. The molecule has 0 saturated carbocycles. The zero-order valence-electron chi connectivity index (χ0n) is 9.15. The fourth-order valence-electron chi connectivity index (χ4n) is 1.74. The number of hydrogen-bond acceptors (Lipinski definition) is 4. The van der Waals surface area contributed by atoms with Crippen LogP contribution in [-0.2, 0) is 4.74 Å². The third-order valence-electron chi connectivity index (χ3n) is 2.55. The summed E-state index contributed by atoms with van der Waals surface area (Å²) in [5.41, 5.74) is 7.75. The van der Waals surface area contributed by atoms with Crippen LogP contribution in [0.1, 0.15) is 16.1 Å². The van der Waals surface area contributed by atoms with E-state index < -0.39 is 5.97 Å². The molecule has 82 valence electrons. The normalized spacial score (nSPS) is 10.4. The minimum atomic E-state index is -0.445. The SMILES string of the molecule is COC(=O)c1nccc2c(N)ccc(C)c12. The average molecular weight is 216 g/mol. The number of pyridine rings is 1. The van der Waals surface area contributed by atoms with Crippen LogP contribution in [-0.4, -0.2) is 18.1 Å². The zero-order chi connectivity index (χ0) is 11.7. The summed E-state index contributed by atoms with van der Waals surface area (Å²) in [4.78, 5) is 15.6. The number of esters is 1. The highest BCUT2D eigenvalue weighted by Gasteiger charge is 2.14. The second-order valence-corrected chi connectivity index (χ2v) is 3.55. The molecule has 0 aliphatic carbocycles. The van der Waals surface area contributed by atoms with Crippen molar-refractivity contribution >= 4 is 22.4 Å². The maximum atomic E-state index is 11.6. The Labute approximate surface area is 93.0 Å². The van der Waals surface area contributed by atoms with Gasteiger partial charge in [-0.15, -0.1) is 0 Å². The number of nitrogen functional groups attached to an aromatic ring is 1. The number of fused-ring (bicyclic) bond motifs is 1. The van der Waals surface area contributed by atoms with E-state index in [1.807, 2.05) is 19.1 Å². The van der Waals surface area contributed by atoms with Gasteiger partial charge in [0.25, 0.3) is 0 Å². The van der Waals surface area contributed by atoms with E-state index in [1.54, 1.807) is 12.3 Å². The molecule has 16 heavy (non-hydrogen) atoms. The predicted molar refractivity (Wildman–Crippen MR) is 62.2 cm³/mol. The van der Waals surface area contributed by atoms with Crippen LogP contribution in [0.4, 0.5) is 5.69 Å². The maximum absolute atomic E-state index is 11.6. The fourth-order valence-corrected chi connectivity index (χ4v) is 1.74. The monoisotopic (exact) mass is 216 g/mol. The Balaban J connectivity index is 2.86. The Morgan fingerprint density at radius 2 is 2.12 bits per heavy atom. The highest BCUT2D eigenvalue weighted by atomic mass is 16.5. The topological polar surface area (TPSA) is 65.2 Å². The van der Waals surface area contributed by atoms with E-state index in [0.717, 1.165) is 16.3 Å². The molecule has 0 atom stereocenters. The number of nitrogens with two attached hydrogens (primary N) is 1. The van der Waals surface area contributed by atoms with Crippen LogP contribution in [0.25, 0.3) is 10.8 Å². The van der Waals surface area contributed by atoms with Gasteiger partial charge in [-0.3, -0.25) is 0 Å². The molecular formula is C12H12N2O2. The van der Waals surface area contributed by atoms with Crippen molar-refractivity contribution in [2.45, 2.75) is 6.92 Å². The third-order valence-corrected chi connectivity index (χ3v) is 2.55. The van der Waals surface area contributed by atoms with Gasteiger partial charge in [0, 0.05) is 22.7 Å². The molecule has 0 radical (unpaired) electrons. The quantitative estimate of drug-likeness (QED) is 0.584. The molecule has 1 aromatic carbocycles. The van der Waals surface area contributed by atoms with Gasteiger partial charge in [0.2, 0.25) is 0 Å². The van der Waals surface area contributed by atoms with Gasteiger partial charge < -0.3 is 10.5 Å². The Hall–Kier alpha value is -2.10. The van der Waals surface area contributed by atoms with Crippen molar-refractivity contribution in [1.82, 2.24) is 4.98 Å². The van der Waals surface area contributed by atoms with Gasteiger partial charge in [-0.2, -0.15) is 0 Å². The molecule has 2 N–H and O–H groups in total. The molecule has 2 aromatic rings. The Morgan fingerprint density at radius 1 is 1.38 bits per heavy atom. The minimum absolute atomic E-state index is 0.310. The van der Waals surface area contributed by atoms with Crippen LogP contribution in [0.2, 0.25) is 0 Å². The van der Waals surface area contributed by atoms with E-state index in [4.69, 9.17) is 10.5 Å². The molecule has 0 bridgehead atoms. The molecule has 1 aromatic heterocycles. The number of methoxy groups -OCH3 is 1. The molecule has 1 heterocycles. The first-order valence-corrected chi connectivity index (χ1v) is 4.87. The van der Waals surface area contributed by atoms with Gasteiger partial charge in [-0.05, 0) is 24.6 Å². The van der Waals surface area contributed by atoms with Crippen molar-refractivity contribution in [3.05, 3.63) is 35.7 Å². The molecule has 0 aliphatic heterocycles. The van der Waals surface area contributed by atoms with Crippen LogP contribution in [0, 0.1) is 6.92 Å². The average Bonchev–Trinajstić information content (AvgIpc) is 2.32. The number of ether oxygens (including phenoxy) is 1. The maximum Gasteiger partial charge on any atom is 0.357 e.